The van der Waals surface area contributed by atoms with Gasteiger partial charge in [-0.1, -0.05) is 0 Å². The number of nitrogens with zero attached hydrogens (tertiary/aromatic N) is 2. The lowest BCUT2D eigenvalue weighted by Crippen LogP contribution is -2.35. The lowest BCUT2D eigenvalue weighted by Gasteiger charge is -2.15. The Kier molecular flexibility index (Phi) is 6.10. The van der Waals surface area contributed by atoms with Crippen molar-refractivity contribution in [3.8, 4) is 0 Å². The number of halogens is 1. The molecular formula is C11H17BrN4O. The average Bonchev–Trinajstić information content (AvgIpc) is 2.30. The van der Waals surface area contributed by atoms with Gasteiger partial charge in [-0.05, 0) is 35.1 Å². The topological polar surface area (TPSA) is 71.2 Å². The summed E-state index contributed by atoms with van der Waals surface area (Å²) in [4.78, 5) is 17.7. The van der Waals surface area contributed by atoms with E-state index in [1.54, 1.807) is 18.3 Å². The maximum Gasteiger partial charge on any atom is 0.269 e. The van der Waals surface area contributed by atoms with Crippen molar-refractivity contribution in [3.63, 3.8) is 0 Å². The van der Waals surface area contributed by atoms with Crippen molar-refractivity contribution in [2.45, 2.75) is 0 Å². The van der Waals surface area contributed by atoms with Gasteiger partial charge < -0.3 is 16.0 Å². The Morgan fingerprint density at radius 1 is 1.53 bits per heavy atom. The second-order valence-electron chi connectivity index (χ2n) is 3.71. The Morgan fingerprint density at radius 3 is 2.88 bits per heavy atom. The highest BCUT2D eigenvalue weighted by Crippen LogP contribution is 2.06. The Balaban J connectivity index is 2.32. The van der Waals surface area contributed by atoms with E-state index in [-0.39, 0.29) is 5.91 Å². The fourth-order valence-corrected chi connectivity index (χ4v) is 1.53. The van der Waals surface area contributed by atoms with Crippen LogP contribution in [0.2, 0.25) is 0 Å². The molecule has 0 spiro atoms. The summed E-state index contributed by atoms with van der Waals surface area (Å²) in [5, 5.41) is 2.81. The van der Waals surface area contributed by atoms with Crippen LogP contribution >= 0.6 is 15.9 Å². The molecule has 94 valence electrons. The molecule has 0 aromatic carbocycles. The van der Waals surface area contributed by atoms with Gasteiger partial charge in [0.2, 0.25) is 0 Å². The van der Waals surface area contributed by atoms with E-state index in [0.717, 1.165) is 17.6 Å². The average molecular weight is 301 g/mol. The highest BCUT2D eigenvalue weighted by Gasteiger charge is 2.06. The molecule has 5 nitrogen and oxygen atoms in total. The SMILES string of the molecule is CN(CCN)CCNC(=O)c1ccc(Br)cn1. The zero-order valence-corrected chi connectivity index (χ0v) is 11.4. The molecule has 0 saturated heterocycles. The maximum absolute atomic E-state index is 11.7. The van der Waals surface area contributed by atoms with Crippen LogP contribution in [0.3, 0.4) is 0 Å². The normalized spacial score (nSPS) is 10.6. The fraction of sp³-hybridized carbons (Fsp3) is 0.455. The highest BCUT2D eigenvalue weighted by molar-refractivity contribution is 9.10. The first-order valence-corrected chi connectivity index (χ1v) is 6.21. The minimum absolute atomic E-state index is 0.154. The van der Waals surface area contributed by atoms with Crippen molar-refractivity contribution in [2.75, 3.05) is 33.2 Å². The molecule has 6 heteroatoms. The van der Waals surface area contributed by atoms with Gasteiger partial charge in [0.25, 0.3) is 5.91 Å². The lowest BCUT2D eigenvalue weighted by molar-refractivity contribution is 0.0945. The van der Waals surface area contributed by atoms with Gasteiger partial charge in [0, 0.05) is 36.8 Å². The van der Waals surface area contributed by atoms with Crippen LogP contribution in [0.1, 0.15) is 10.5 Å². The van der Waals surface area contributed by atoms with Gasteiger partial charge in [-0.3, -0.25) is 4.79 Å². The van der Waals surface area contributed by atoms with E-state index >= 15 is 0 Å². The minimum atomic E-state index is -0.154. The molecule has 1 rings (SSSR count). The number of hydrogen-bond donors (Lipinski definition) is 2. The van der Waals surface area contributed by atoms with E-state index in [4.69, 9.17) is 5.73 Å². The third-order valence-electron chi connectivity index (χ3n) is 2.25. The molecule has 0 bridgehead atoms. The summed E-state index contributed by atoms with van der Waals surface area (Å²) in [6, 6.07) is 3.48. The number of aromatic nitrogens is 1. The standard InChI is InChI=1S/C11H17BrN4O/c1-16(6-4-13)7-5-14-11(17)10-3-2-9(12)8-15-10/h2-3,8H,4-7,13H2,1H3,(H,14,17). The third-order valence-corrected chi connectivity index (χ3v) is 2.72. The molecule has 0 saturated carbocycles. The molecule has 0 unspecified atom stereocenters. The monoisotopic (exact) mass is 300 g/mol. The summed E-state index contributed by atoms with van der Waals surface area (Å²) >= 11 is 3.27. The first-order chi connectivity index (χ1) is 8.13. The van der Waals surface area contributed by atoms with E-state index in [2.05, 4.69) is 31.1 Å². The molecule has 0 aliphatic heterocycles. The molecule has 0 fully saturated rings. The van der Waals surface area contributed by atoms with Crippen molar-refractivity contribution in [1.29, 1.82) is 0 Å². The molecular weight excluding hydrogens is 284 g/mol. The molecule has 1 amide bonds. The maximum atomic E-state index is 11.7. The van der Waals surface area contributed by atoms with Crippen LogP contribution < -0.4 is 11.1 Å². The van der Waals surface area contributed by atoms with Crippen molar-refractivity contribution < 1.29 is 4.79 Å². The second kappa shape index (κ2) is 7.37. The van der Waals surface area contributed by atoms with E-state index < -0.39 is 0 Å². The minimum Gasteiger partial charge on any atom is -0.349 e. The number of amides is 1. The molecule has 1 aromatic rings. The lowest BCUT2D eigenvalue weighted by atomic mass is 10.3. The van der Waals surface area contributed by atoms with Crippen LogP contribution in [0.25, 0.3) is 0 Å². The van der Waals surface area contributed by atoms with Gasteiger partial charge in [0.1, 0.15) is 5.69 Å². The van der Waals surface area contributed by atoms with Gasteiger partial charge in [0.05, 0.1) is 0 Å². The zero-order valence-electron chi connectivity index (χ0n) is 9.82. The molecule has 0 aliphatic rings. The fourth-order valence-electron chi connectivity index (χ4n) is 1.29. The molecule has 0 atom stereocenters. The summed E-state index contributed by atoms with van der Waals surface area (Å²) in [6.07, 6.45) is 1.61. The smallest absolute Gasteiger partial charge is 0.269 e. The van der Waals surface area contributed by atoms with Crippen LogP contribution in [0, 0.1) is 0 Å². The largest absolute Gasteiger partial charge is 0.349 e. The van der Waals surface area contributed by atoms with Crippen molar-refractivity contribution in [1.82, 2.24) is 15.2 Å². The first-order valence-electron chi connectivity index (χ1n) is 5.42. The number of nitrogens with one attached hydrogen (secondary N) is 1. The van der Waals surface area contributed by atoms with Crippen LogP contribution in [0.4, 0.5) is 0 Å². The van der Waals surface area contributed by atoms with Crippen molar-refractivity contribution in [2.24, 2.45) is 5.73 Å². The Morgan fingerprint density at radius 2 is 2.29 bits per heavy atom. The quantitative estimate of drug-likeness (QED) is 0.801. The van der Waals surface area contributed by atoms with Crippen LogP contribution in [-0.4, -0.2) is 49.0 Å². The number of rotatable bonds is 6. The van der Waals surface area contributed by atoms with Crippen LogP contribution in [0.5, 0.6) is 0 Å². The van der Waals surface area contributed by atoms with Gasteiger partial charge in [-0.2, -0.15) is 0 Å². The van der Waals surface area contributed by atoms with Crippen LogP contribution in [0.15, 0.2) is 22.8 Å². The summed E-state index contributed by atoms with van der Waals surface area (Å²) in [5.41, 5.74) is 5.85. The number of likely N-dealkylation sites (N-methyl/N-ethyl adjacent to an activating group) is 1. The molecule has 0 aliphatic carbocycles. The van der Waals surface area contributed by atoms with E-state index in [9.17, 15) is 4.79 Å². The molecule has 3 N–H and O–H groups in total. The van der Waals surface area contributed by atoms with E-state index in [1.165, 1.54) is 0 Å². The summed E-state index contributed by atoms with van der Waals surface area (Å²) in [6.45, 7) is 2.82. The van der Waals surface area contributed by atoms with Gasteiger partial charge in [-0.25, -0.2) is 4.98 Å². The zero-order chi connectivity index (χ0) is 12.7. The van der Waals surface area contributed by atoms with Gasteiger partial charge >= 0.3 is 0 Å². The highest BCUT2D eigenvalue weighted by atomic mass is 79.9. The molecule has 17 heavy (non-hydrogen) atoms. The Hall–Kier alpha value is -0.980. The second-order valence-corrected chi connectivity index (χ2v) is 4.63. The number of nitrogens with two attached hydrogens (primary N) is 1. The molecule has 1 aromatic heterocycles. The predicted molar refractivity (Wildman–Crippen MR) is 70.8 cm³/mol. The summed E-state index contributed by atoms with van der Waals surface area (Å²) in [7, 11) is 1.97. The first kappa shape index (κ1) is 14.1. The van der Waals surface area contributed by atoms with E-state index in [1.807, 2.05) is 7.05 Å². The van der Waals surface area contributed by atoms with Gasteiger partial charge in [-0.15, -0.1) is 0 Å². The summed E-state index contributed by atoms with van der Waals surface area (Å²) in [5.74, 6) is -0.154. The Bertz CT molecular complexity index is 355. The van der Waals surface area contributed by atoms with Crippen molar-refractivity contribution >= 4 is 21.8 Å². The number of carbonyl (C=O) groups excluding carboxylic acids is 1. The molecule has 1 heterocycles. The number of hydrogen-bond acceptors (Lipinski definition) is 4. The number of carbonyl (C=O) groups is 1. The van der Waals surface area contributed by atoms with Crippen molar-refractivity contribution in [3.05, 3.63) is 28.5 Å². The Labute approximate surface area is 110 Å². The number of pyridine rings is 1. The van der Waals surface area contributed by atoms with E-state index in [0.29, 0.717) is 18.8 Å². The predicted octanol–water partition coefficient (Wildman–Crippen LogP) is 0.464. The molecule has 0 radical (unpaired) electrons. The van der Waals surface area contributed by atoms with Gasteiger partial charge in [0.15, 0.2) is 0 Å². The summed E-state index contributed by atoms with van der Waals surface area (Å²) < 4.78 is 0.858. The van der Waals surface area contributed by atoms with Crippen LogP contribution in [-0.2, 0) is 0 Å². The third kappa shape index (κ3) is 5.25.